The van der Waals surface area contributed by atoms with Crippen molar-refractivity contribution in [2.45, 2.75) is 50.3 Å². The maximum atomic E-state index is 11.6. The van der Waals surface area contributed by atoms with Crippen molar-refractivity contribution in [2.75, 3.05) is 12.8 Å². The number of nitrogens with one attached hydrogen (secondary N) is 1. The van der Waals surface area contributed by atoms with E-state index in [4.69, 9.17) is 5.26 Å². The van der Waals surface area contributed by atoms with Crippen LogP contribution in [0, 0.1) is 17.2 Å². The Labute approximate surface area is 104 Å². The summed E-state index contributed by atoms with van der Waals surface area (Å²) in [6.07, 6.45) is 5.38. The maximum Gasteiger partial charge on any atom is 0.153 e. The van der Waals surface area contributed by atoms with Crippen LogP contribution in [0.25, 0.3) is 0 Å². The van der Waals surface area contributed by atoms with Gasteiger partial charge in [-0.25, -0.2) is 8.42 Å². The van der Waals surface area contributed by atoms with Crippen LogP contribution in [0.1, 0.15) is 39.5 Å². The van der Waals surface area contributed by atoms with Crippen LogP contribution in [0.4, 0.5) is 0 Å². The summed E-state index contributed by atoms with van der Waals surface area (Å²) >= 11 is 0. The van der Waals surface area contributed by atoms with Gasteiger partial charge in [-0.1, -0.05) is 12.8 Å². The van der Waals surface area contributed by atoms with E-state index < -0.39 is 14.6 Å². The molecule has 0 aromatic carbocycles. The Morgan fingerprint density at radius 3 is 2.47 bits per heavy atom. The minimum atomic E-state index is -3.07. The molecule has 4 nitrogen and oxygen atoms in total. The van der Waals surface area contributed by atoms with Crippen molar-refractivity contribution in [2.24, 2.45) is 5.92 Å². The Morgan fingerprint density at radius 1 is 1.35 bits per heavy atom. The standard InChI is InChI=1S/C12H22N2O2S/c1-12(2,17(3,15)16)9-14-11-7-5-4-6-10(11)8-13/h10-11,14H,4-7,9H2,1-3H3. The van der Waals surface area contributed by atoms with Crippen molar-refractivity contribution < 1.29 is 8.42 Å². The summed E-state index contributed by atoms with van der Waals surface area (Å²) in [5, 5.41) is 12.3. The van der Waals surface area contributed by atoms with Gasteiger partial charge in [0.1, 0.15) is 0 Å². The predicted octanol–water partition coefficient (Wildman–Crippen LogP) is 1.48. The number of nitriles is 1. The molecule has 1 saturated carbocycles. The lowest BCUT2D eigenvalue weighted by Gasteiger charge is -2.31. The molecule has 0 amide bonds. The van der Waals surface area contributed by atoms with Gasteiger partial charge in [0.05, 0.1) is 16.7 Å². The van der Waals surface area contributed by atoms with Crippen molar-refractivity contribution in [1.82, 2.24) is 5.32 Å². The number of hydrogen-bond donors (Lipinski definition) is 1. The quantitative estimate of drug-likeness (QED) is 0.829. The first-order valence-corrected chi connectivity index (χ1v) is 8.00. The van der Waals surface area contributed by atoms with Gasteiger partial charge >= 0.3 is 0 Å². The monoisotopic (exact) mass is 258 g/mol. The molecular formula is C12H22N2O2S. The molecule has 0 spiro atoms. The number of sulfone groups is 1. The minimum absolute atomic E-state index is 0.0270. The Morgan fingerprint density at radius 2 is 1.94 bits per heavy atom. The van der Waals surface area contributed by atoms with Crippen molar-refractivity contribution in [3.05, 3.63) is 0 Å². The van der Waals surface area contributed by atoms with E-state index in [2.05, 4.69) is 11.4 Å². The fraction of sp³-hybridized carbons (Fsp3) is 0.917. The molecule has 98 valence electrons. The second-order valence-corrected chi connectivity index (χ2v) is 8.19. The molecule has 0 aromatic heterocycles. The van der Waals surface area contributed by atoms with Gasteiger partial charge in [0.15, 0.2) is 9.84 Å². The third-order valence-corrected chi connectivity index (χ3v) is 5.88. The van der Waals surface area contributed by atoms with Gasteiger partial charge in [-0.15, -0.1) is 0 Å². The van der Waals surface area contributed by atoms with E-state index in [0.29, 0.717) is 6.54 Å². The molecule has 1 aliphatic carbocycles. The van der Waals surface area contributed by atoms with Crippen molar-refractivity contribution in [1.29, 1.82) is 5.26 Å². The van der Waals surface area contributed by atoms with Crippen LogP contribution in [0.2, 0.25) is 0 Å². The normalized spacial score (nSPS) is 26.5. The molecule has 2 unspecified atom stereocenters. The average Bonchev–Trinajstić information content (AvgIpc) is 2.25. The Hall–Kier alpha value is -0.600. The zero-order chi connectivity index (χ0) is 13.1. The van der Waals surface area contributed by atoms with Crippen molar-refractivity contribution >= 4 is 9.84 Å². The molecule has 5 heteroatoms. The molecule has 0 bridgehead atoms. The van der Waals surface area contributed by atoms with Gasteiger partial charge in [-0.3, -0.25) is 0 Å². The second-order valence-electron chi connectivity index (χ2n) is 5.54. The van der Waals surface area contributed by atoms with Crippen LogP contribution in [-0.4, -0.2) is 32.0 Å². The van der Waals surface area contributed by atoms with Gasteiger partial charge in [0.25, 0.3) is 0 Å². The van der Waals surface area contributed by atoms with Crippen LogP contribution in [-0.2, 0) is 9.84 Å². The summed E-state index contributed by atoms with van der Waals surface area (Å²) in [6, 6.07) is 2.46. The molecule has 0 saturated heterocycles. The zero-order valence-corrected chi connectivity index (χ0v) is 11.7. The summed E-state index contributed by atoms with van der Waals surface area (Å²) in [4.78, 5) is 0. The summed E-state index contributed by atoms with van der Waals surface area (Å²) in [6.45, 7) is 3.85. The lowest BCUT2D eigenvalue weighted by Crippen LogP contribution is -2.48. The summed E-state index contributed by atoms with van der Waals surface area (Å²) in [7, 11) is -3.07. The molecular weight excluding hydrogens is 236 g/mol. The first-order chi connectivity index (χ1) is 7.78. The second kappa shape index (κ2) is 5.36. The molecule has 1 fully saturated rings. The molecule has 0 aliphatic heterocycles. The number of nitrogens with zero attached hydrogens (tertiary/aromatic N) is 1. The first-order valence-electron chi connectivity index (χ1n) is 6.10. The smallest absolute Gasteiger partial charge is 0.153 e. The highest BCUT2D eigenvalue weighted by Gasteiger charge is 2.32. The third-order valence-electron chi connectivity index (χ3n) is 3.73. The summed E-state index contributed by atoms with van der Waals surface area (Å²) in [5.74, 6) is 0.0270. The van der Waals surface area contributed by atoms with Crippen LogP contribution in [0.3, 0.4) is 0 Å². The fourth-order valence-corrected chi connectivity index (χ4v) is 2.38. The molecule has 17 heavy (non-hydrogen) atoms. The summed E-state index contributed by atoms with van der Waals surface area (Å²) < 4.78 is 22.4. The fourth-order valence-electron chi connectivity index (χ4n) is 2.04. The van der Waals surface area contributed by atoms with E-state index >= 15 is 0 Å². The highest BCUT2D eigenvalue weighted by Crippen LogP contribution is 2.24. The molecule has 0 aromatic rings. The Kier molecular flexibility index (Phi) is 4.56. The maximum absolute atomic E-state index is 11.6. The molecule has 0 radical (unpaired) electrons. The van der Waals surface area contributed by atoms with Crippen LogP contribution in [0.15, 0.2) is 0 Å². The molecule has 1 aliphatic rings. The lowest BCUT2D eigenvalue weighted by atomic mass is 9.85. The van der Waals surface area contributed by atoms with Gasteiger partial charge in [0, 0.05) is 18.8 Å². The summed E-state index contributed by atoms with van der Waals surface area (Å²) in [5.41, 5.74) is 0. The van der Waals surface area contributed by atoms with Crippen molar-refractivity contribution in [3.8, 4) is 6.07 Å². The van der Waals surface area contributed by atoms with Gasteiger partial charge in [-0.2, -0.15) is 5.26 Å². The van der Waals surface area contributed by atoms with Crippen LogP contribution >= 0.6 is 0 Å². The predicted molar refractivity (Wildman–Crippen MR) is 68.3 cm³/mol. The van der Waals surface area contributed by atoms with E-state index in [1.54, 1.807) is 13.8 Å². The lowest BCUT2D eigenvalue weighted by molar-refractivity contribution is 0.305. The molecule has 1 N–H and O–H groups in total. The van der Waals surface area contributed by atoms with E-state index in [-0.39, 0.29) is 12.0 Å². The van der Waals surface area contributed by atoms with E-state index in [1.165, 1.54) is 6.26 Å². The van der Waals surface area contributed by atoms with Crippen LogP contribution in [0.5, 0.6) is 0 Å². The minimum Gasteiger partial charge on any atom is -0.311 e. The molecule has 1 rings (SSSR count). The van der Waals surface area contributed by atoms with Crippen molar-refractivity contribution in [3.63, 3.8) is 0 Å². The first kappa shape index (κ1) is 14.5. The van der Waals surface area contributed by atoms with E-state index in [9.17, 15) is 8.42 Å². The van der Waals surface area contributed by atoms with Gasteiger partial charge in [0.2, 0.25) is 0 Å². The Bertz CT molecular complexity index is 395. The van der Waals surface area contributed by atoms with Gasteiger partial charge < -0.3 is 5.32 Å². The highest BCUT2D eigenvalue weighted by atomic mass is 32.2. The largest absolute Gasteiger partial charge is 0.311 e. The topological polar surface area (TPSA) is 70.0 Å². The molecule has 2 atom stereocenters. The third kappa shape index (κ3) is 3.68. The number of rotatable bonds is 4. The van der Waals surface area contributed by atoms with Crippen LogP contribution < -0.4 is 5.32 Å². The Balaban J connectivity index is 2.58. The van der Waals surface area contributed by atoms with E-state index in [1.807, 2.05) is 0 Å². The number of hydrogen-bond acceptors (Lipinski definition) is 4. The highest BCUT2D eigenvalue weighted by molar-refractivity contribution is 7.92. The SMILES string of the molecule is CC(C)(CNC1CCCCC1C#N)S(C)(=O)=O. The molecule has 0 heterocycles. The average molecular weight is 258 g/mol. The van der Waals surface area contributed by atoms with E-state index in [0.717, 1.165) is 25.7 Å². The van der Waals surface area contributed by atoms with Gasteiger partial charge in [-0.05, 0) is 26.7 Å². The zero-order valence-electron chi connectivity index (χ0n) is 10.9.